The molecule has 4 N–H and O–H groups in total. The van der Waals surface area contributed by atoms with E-state index in [0.717, 1.165) is 16.7 Å². The van der Waals surface area contributed by atoms with Gasteiger partial charge in [-0.3, -0.25) is 15.1 Å². The molecule has 0 aliphatic carbocycles. The molecular weight excluding hydrogens is 420 g/mol. The Bertz CT molecular complexity index is 1210. The SMILES string of the molecule is NC(CC(NCc1ccc(-c2ccc([N+](=O)[O-])cc2)o1)c1ccccc1O)c1cccnc1. The Balaban J connectivity index is 1.49. The first-order valence-electron chi connectivity index (χ1n) is 10.5. The normalized spacial score (nSPS) is 12.9. The van der Waals surface area contributed by atoms with E-state index in [1.54, 1.807) is 36.7 Å². The summed E-state index contributed by atoms with van der Waals surface area (Å²) in [4.78, 5) is 14.6. The third kappa shape index (κ3) is 5.43. The molecule has 168 valence electrons. The molecule has 2 aromatic carbocycles. The van der Waals surface area contributed by atoms with E-state index in [1.165, 1.54) is 12.1 Å². The van der Waals surface area contributed by atoms with E-state index in [4.69, 9.17) is 10.2 Å². The molecule has 8 nitrogen and oxygen atoms in total. The van der Waals surface area contributed by atoms with Crippen LogP contribution in [0, 0.1) is 10.1 Å². The maximum Gasteiger partial charge on any atom is 0.269 e. The van der Waals surface area contributed by atoms with Crippen molar-refractivity contribution < 1.29 is 14.4 Å². The minimum atomic E-state index is -0.434. The van der Waals surface area contributed by atoms with Gasteiger partial charge in [0, 0.05) is 47.7 Å². The number of non-ortho nitro benzene ring substituents is 1. The van der Waals surface area contributed by atoms with E-state index in [0.29, 0.717) is 24.5 Å². The summed E-state index contributed by atoms with van der Waals surface area (Å²) >= 11 is 0. The molecule has 0 amide bonds. The molecule has 2 atom stereocenters. The van der Waals surface area contributed by atoms with Gasteiger partial charge in [0.2, 0.25) is 0 Å². The molecule has 0 saturated carbocycles. The van der Waals surface area contributed by atoms with E-state index in [9.17, 15) is 15.2 Å². The lowest BCUT2D eigenvalue weighted by Gasteiger charge is -2.23. The average Bonchev–Trinajstić information content (AvgIpc) is 3.32. The Morgan fingerprint density at radius 1 is 1.06 bits per heavy atom. The Kier molecular flexibility index (Phi) is 6.77. The van der Waals surface area contributed by atoms with Crippen molar-refractivity contribution in [3.63, 3.8) is 0 Å². The summed E-state index contributed by atoms with van der Waals surface area (Å²) in [5.41, 5.74) is 8.88. The number of nitrogens with two attached hydrogens (primary N) is 1. The molecule has 0 aliphatic heterocycles. The lowest BCUT2D eigenvalue weighted by atomic mass is 9.95. The third-order valence-corrected chi connectivity index (χ3v) is 5.46. The lowest BCUT2D eigenvalue weighted by Crippen LogP contribution is -2.25. The van der Waals surface area contributed by atoms with E-state index in [-0.39, 0.29) is 23.5 Å². The molecule has 0 saturated heterocycles. The smallest absolute Gasteiger partial charge is 0.269 e. The van der Waals surface area contributed by atoms with Crippen LogP contribution in [0.2, 0.25) is 0 Å². The van der Waals surface area contributed by atoms with Crippen LogP contribution in [0.15, 0.2) is 89.6 Å². The maximum absolute atomic E-state index is 10.9. The number of nitrogens with zero attached hydrogens (tertiary/aromatic N) is 2. The summed E-state index contributed by atoms with van der Waals surface area (Å²) in [6.07, 6.45) is 3.99. The zero-order chi connectivity index (χ0) is 23.2. The van der Waals surface area contributed by atoms with Gasteiger partial charge in [-0.1, -0.05) is 24.3 Å². The highest BCUT2D eigenvalue weighted by atomic mass is 16.6. The molecule has 8 heteroatoms. The van der Waals surface area contributed by atoms with Crippen molar-refractivity contribution in [1.82, 2.24) is 10.3 Å². The number of rotatable bonds is 9. The van der Waals surface area contributed by atoms with Crippen LogP contribution in [0.25, 0.3) is 11.3 Å². The number of hydrogen-bond acceptors (Lipinski definition) is 7. The van der Waals surface area contributed by atoms with E-state index in [1.807, 2.05) is 36.4 Å². The molecule has 0 bridgehead atoms. The molecule has 0 radical (unpaired) electrons. The van der Waals surface area contributed by atoms with Gasteiger partial charge >= 0.3 is 0 Å². The Morgan fingerprint density at radius 2 is 1.85 bits per heavy atom. The second-order valence-corrected chi connectivity index (χ2v) is 7.69. The number of aromatic hydroxyl groups is 1. The summed E-state index contributed by atoms with van der Waals surface area (Å²) < 4.78 is 5.94. The molecule has 33 heavy (non-hydrogen) atoms. The predicted molar refractivity (Wildman–Crippen MR) is 124 cm³/mol. The van der Waals surface area contributed by atoms with Crippen molar-refractivity contribution in [3.05, 3.63) is 112 Å². The fourth-order valence-electron chi connectivity index (χ4n) is 3.69. The number of phenolic OH excluding ortho intramolecular Hbond substituents is 1. The number of nitrogens with one attached hydrogen (secondary N) is 1. The van der Waals surface area contributed by atoms with Gasteiger partial charge in [0.25, 0.3) is 5.69 Å². The first-order chi connectivity index (χ1) is 16.0. The molecule has 0 fully saturated rings. The van der Waals surface area contributed by atoms with Gasteiger partial charge in [-0.2, -0.15) is 0 Å². The predicted octanol–water partition coefficient (Wildman–Crippen LogP) is 4.88. The van der Waals surface area contributed by atoms with Crippen molar-refractivity contribution in [2.45, 2.75) is 25.0 Å². The minimum absolute atomic E-state index is 0.0302. The summed E-state index contributed by atoms with van der Waals surface area (Å²) in [7, 11) is 0. The van der Waals surface area contributed by atoms with Gasteiger partial charge in [0.15, 0.2) is 0 Å². The summed E-state index contributed by atoms with van der Waals surface area (Å²) in [6, 6.07) is 20.3. The van der Waals surface area contributed by atoms with Crippen molar-refractivity contribution in [3.8, 4) is 17.1 Å². The summed E-state index contributed by atoms with van der Waals surface area (Å²) in [6.45, 7) is 0.408. The van der Waals surface area contributed by atoms with Crippen LogP contribution in [-0.2, 0) is 6.54 Å². The van der Waals surface area contributed by atoms with Crippen molar-refractivity contribution >= 4 is 5.69 Å². The molecule has 0 spiro atoms. The largest absolute Gasteiger partial charge is 0.508 e. The average molecular weight is 444 g/mol. The first kappa shape index (κ1) is 22.2. The molecular formula is C25H24N4O4. The van der Waals surface area contributed by atoms with Gasteiger partial charge in [0.1, 0.15) is 17.3 Å². The molecule has 0 aliphatic rings. The standard InChI is InChI=1S/C25H24N4O4/c26-22(18-4-3-13-27-15-18)14-23(21-5-1-2-6-24(21)30)28-16-20-11-12-25(33-20)17-7-9-19(10-8-17)29(31)32/h1-13,15,22-23,28,30H,14,16,26H2. The van der Waals surface area contributed by atoms with Crippen LogP contribution in [0.4, 0.5) is 5.69 Å². The van der Waals surface area contributed by atoms with E-state index >= 15 is 0 Å². The number of furan rings is 1. The third-order valence-electron chi connectivity index (χ3n) is 5.46. The van der Waals surface area contributed by atoms with E-state index in [2.05, 4.69) is 10.3 Å². The maximum atomic E-state index is 10.9. The topological polar surface area (TPSA) is 127 Å². The van der Waals surface area contributed by atoms with Crippen molar-refractivity contribution in [2.24, 2.45) is 5.73 Å². The highest BCUT2D eigenvalue weighted by Gasteiger charge is 2.20. The first-order valence-corrected chi connectivity index (χ1v) is 10.5. The van der Waals surface area contributed by atoms with E-state index < -0.39 is 4.92 Å². The molecule has 4 rings (SSSR count). The quantitative estimate of drug-likeness (QED) is 0.248. The second kappa shape index (κ2) is 10.1. The summed E-state index contributed by atoms with van der Waals surface area (Å²) in [5.74, 6) is 1.51. The van der Waals surface area contributed by atoms with Crippen LogP contribution < -0.4 is 11.1 Å². The number of phenols is 1. The van der Waals surface area contributed by atoms with Crippen LogP contribution in [0.5, 0.6) is 5.75 Å². The molecule has 4 aromatic rings. The number of aromatic nitrogens is 1. The number of hydrogen-bond donors (Lipinski definition) is 3. The highest BCUT2D eigenvalue weighted by Crippen LogP contribution is 2.31. The number of nitro benzene ring substituents is 1. The molecule has 2 heterocycles. The van der Waals surface area contributed by atoms with Crippen LogP contribution >= 0.6 is 0 Å². The van der Waals surface area contributed by atoms with Gasteiger partial charge in [0.05, 0.1) is 11.5 Å². The summed E-state index contributed by atoms with van der Waals surface area (Å²) in [5, 5.41) is 24.7. The van der Waals surface area contributed by atoms with Gasteiger partial charge in [-0.05, 0) is 48.4 Å². The van der Waals surface area contributed by atoms with Crippen molar-refractivity contribution in [1.29, 1.82) is 0 Å². The zero-order valence-corrected chi connectivity index (χ0v) is 17.8. The fourth-order valence-corrected chi connectivity index (χ4v) is 3.69. The fraction of sp³-hybridized carbons (Fsp3) is 0.160. The van der Waals surface area contributed by atoms with Crippen LogP contribution in [0.1, 0.15) is 35.4 Å². The minimum Gasteiger partial charge on any atom is -0.508 e. The van der Waals surface area contributed by atoms with Crippen LogP contribution in [0.3, 0.4) is 0 Å². The van der Waals surface area contributed by atoms with Gasteiger partial charge in [-0.25, -0.2) is 0 Å². The number of pyridine rings is 1. The molecule has 2 unspecified atom stereocenters. The van der Waals surface area contributed by atoms with Gasteiger partial charge in [-0.15, -0.1) is 0 Å². The monoisotopic (exact) mass is 444 g/mol. The number of nitro groups is 1. The number of para-hydroxylation sites is 1. The van der Waals surface area contributed by atoms with Crippen LogP contribution in [-0.4, -0.2) is 15.0 Å². The molecule has 2 aromatic heterocycles. The zero-order valence-electron chi connectivity index (χ0n) is 17.8. The number of benzene rings is 2. The Hall–Kier alpha value is -4.01. The lowest BCUT2D eigenvalue weighted by molar-refractivity contribution is -0.384. The van der Waals surface area contributed by atoms with Crippen molar-refractivity contribution in [2.75, 3.05) is 0 Å². The highest BCUT2D eigenvalue weighted by molar-refractivity contribution is 5.59. The Morgan fingerprint density at radius 3 is 2.55 bits per heavy atom. The van der Waals surface area contributed by atoms with Gasteiger partial charge < -0.3 is 20.6 Å². The Labute approximate surface area is 190 Å². The second-order valence-electron chi connectivity index (χ2n) is 7.69.